The highest BCUT2D eigenvalue weighted by Gasteiger charge is 2.61. The molecule has 7 unspecified atom stereocenters. The summed E-state index contributed by atoms with van der Waals surface area (Å²) in [5.74, 6) is 2.81. The minimum Gasteiger partial charge on any atom is -0.411 e. The summed E-state index contributed by atoms with van der Waals surface area (Å²) >= 11 is 0. The standard InChI is InChI=1S/C24H38O3Si/c1-15(25)18-7-8-19-17-14-22(27-28(4,5)6)21-13-16(26)9-11-24(21,3)20(17)10-12-23(18,19)2/h13,17-20,22H,7-12,14H2,1-6H3. The number of ketones is 2. The van der Waals surface area contributed by atoms with E-state index in [1.165, 1.54) is 24.8 Å². The third kappa shape index (κ3) is 3.10. The van der Waals surface area contributed by atoms with Crippen molar-refractivity contribution in [2.45, 2.75) is 91.5 Å². The number of Topliss-reactive ketones (excluding diaryl/α,β-unsaturated/α-hetero) is 1. The topological polar surface area (TPSA) is 43.4 Å². The molecule has 0 aromatic heterocycles. The van der Waals surface area contributed by atoms with E-state index in [0.717, 1.165) is 19.3 Å². The van der Waals surface area contributed by atoms with Gasteiger partial charge in [-0.1, -0.05) is 13.8 Å². The van der Waals surface area contributed by atoms with Crippen LogP contribution < -0.4 is 0 Å². The molecule has 0 spiro atoms. The molecule has 0 aromatic carbocycles. The van der Waals surface area contributed by atoms with Gasteiger partial charge in [-0.05, 0) is 105 Å². The third-order valence-corrected chi connectivity index (χ3v) is 9.93. The number of carbonyl (C=O) groups is 2. The van der Waals surface area contributed by atoms with Gasteiger partial charge in [-0.15, -0.1) is 0 Å². The molecule has 0 aromatic rings. The van der Waals surface area contributed by atoms with Crippen molar-refractivity contribution in [3.63, 3.8) is 0 Å². The van der Waals surface area contributed by atoms with E-state index >= 15 is 0 Å². The molecule has 3 nitrogen and oxygen atoms in total. The second-order valence-electron chi connectivity index (χ2n) is 11.6. The molecular formula is C24H38O3Si. The van der Waals surface area contributed by atoms with E-state index in [4.69, 9.17) is 4.43 Å². The number of hydrogen-bond donors (Lipinski definition) is 0. The van der Waals surface area contributed by atoms with Crippen molar-refractivity contribution in [2.75, 3.05) is 0 Å². The van der Waals surface area contributed by atoms with Gasteiger partial charge in [0, 0.05) is 12.3 Å². The lowest BCUT2D eigenvalue weighted by atomic mass is 9.46. The number of hydrogen-bond acceptors (Lipinski definition) is 3. The van der Waals surface area contributed by atoms with Crippen LogP contribution in [0.4, 0.5) is 0 Å². The van der Waals surface area contributed by atoms with E-state index in [1.54, 1.807) is 6.92 Å². The van der Waals surface area contributed by atoms with Crippen molar-refractivity contribution >= 4 is 19.9 Å². The summed E-state index contributed by atoms with van der Waals surface area (Å²) in [6.07, 6.45) is 9.39. The fourth-order valence-corrected chi connectivity index (χ4v) is 8.86. The zero-order valence-corrected chi connectivity index (χ0v) is 19.6. The number of rotatable bonds is 3. The molecule has 28 heavy (non-hydrogen) atoms. The largest absolute Gasteiger partial charge is 0.411 e. The maximum atomic E-state index is 12.4. The van der Waals surface area contributed by atoms with Crippen LogP contribution in [0.3, 0.4) is 0 Å². The monoisotopic (exact) mass is 402 g/mol. The van der Waals surface area contributed by atoms with Crippen LogP contribution in [0.25, 0.3) is 0 Å². The summed E-state index contributed by atoms with van der Waals surface area (Å²) < 4.78 is 6.72. The second-order valence-corrected chi connectivity index (χ2v) is 16.1. The minimum atomic E-state index is -1.72. The molecule has 4 rings (SSSR count). The highest BCUT2D eigenvalue weighted by molar-refractivity contribution is 6.69. The number of fused-ring (bicyclic) bond motifs is 5. The lowest BCUT2D eigenvalue weighted by molar-refractivity contribution is -0.130. The van der Waals surface area contributed by atoms with Gasteiger partial charge in [-0.2, -0.15) is 0 Å². The zero-order valence-electron chi connectivity index (χ0n) is 18.6. The van der Waals surface area contributed by atoms with Gasteiger partial charge in [0.2, 0.25) is 0 Å². The highest BCUT2D eigenvalue weighted by Crippen LogP contribution is 2.67. The van der Waals surface area contributed by atoms with Crippen molar-refractivity contribution in [1.82, 2.24) is 0 Å². The third-order valence-electron chi connectivity index (χ3n) is 8.94. The Balaban J connectivity index is 1.73. The average Bonchev–Trinajstić information content (AvgIpc) is 2.92. The number of carbonyl (C=O) groups excluding carboxylic acids is 2. The summed E-state index contributed by atoms with van der Waals surface area (Å²) in [6, 6.07) is 0. The molecule has 3 fully saturated rings. The van der Waals surface area contributed by atoms with Crippen molar-refractivity contribution in [1.29, 1.82) is 0 Å². The Bertz CT molecular complexity index is 720. The van der Waals surface area contributed by atoms with Gasteiger partial charge in [0.1, 0.15) is 5.78 Å². The Labute approximate surface area is 171 Å². The SMILES string of the molecule is CC(=O)C1CCC2C3CC(O[Si](C)(C)C)C4=CC(=O)CCC4(C)C3CCC12C. The molecule has 156 valence electrons. The Kier molecular flexibility index (Phi) is 4.86. The van der Waals surface area contributed by atoms with Crippen LogP contribution in [0.1, 0.15) is 65.7 Å². The van der Waals surface area contributed by atoms with Crippen LogP contribution in [-0.2, 0) is 14.0 Å². The van der Waals surface area contributed by atoms with Crippen LogP contribution >= 0.6 is 0 Å². The summed E-state index contributed by atoms with van der Waals surface area (Å²) in [5.41, 5.74) is 1.56. The summed E-state index contributed by atoms with van der Waals surface area (Å²) in [6.45, 7) is 13.4. The van der Waals surface area contributed by atoms with Gasteiger partial charge in [-0.25, -0.2) is 0 Å². The first-order valence-corrected chi connectivity index (χ1v) is 14.8. The Morgan fingerprint density at radius 1 is 1.11 bits per heavy atom. The quantitative estimate of drug-likeness (QED) is 0.581. The van der Waals surface area contributed by atoms with Crippen LogP contribution in [0.5, 0.6) is 0 Å². The van der Waals surface area contributed by atoms with Crippen molar-refractivity contribution in [3.05, 3.63) is 11.6 Å². The molecule has 4 aliphatic carbocycles. The fraction of sp³-hybridized carbons (Fsp3) is 0.833. The summed E-state index contributed by atoms with van der Waals surface area (Å²) in [5, 5.41) is 0. The van der Waals surface area contributed by atoms with Gasteiger partial charge in [0.05, 0.1) is 6.10 Å². The smallest absolute Gasteiger partial charge is 0.184 e. The molecule has 0 aliphatic heterocycles. The van der Waals surface area contributed by atoms with E-state index in [2.05, 4.69) is 33.5 Å². The second kappa shape index (κ2) is 6.63. The van der Waals surface area contributed by atoms with Crippen LogP contribution in [-0.4, -0.2) is 26.0 Å². The predicted molar refractivity (Wildman–Crippen MR) is 114 cm³/mol. The van der Waals surface area contributed by atoms with E-state index in [-0.39, 0.29) is 28.6 Å². The molecule has 0 bridgehead atoms. The Hall–Kier alpha value is -0.743. The maximum absolute atomic E-state index is 12.4. The van der Waals surface area contributed by atoms with Gasteiger partial charge < -0.3 is 4.43 Å². The molecule has 0 amide bonds. The van der Waals surface area contributed by atoms with Crippen LogP contribution in [0.2, 0.25) is 19.6 Å². The van der Waals surface area contributed by atoms with Crippen molar-refractivity contribution in [2.24, 2.45) is 34.5 Å². The molecule has 4 heteroatoms. The molecule has 7 atom stereocenters. The average molecular weight is 403 g/mol. The lowest BCUT2D eigenvalue weighted by Gasteiger charge is -2.60. The minimum absolute atomic E-state index is 0.0940. The molecule has 0 N–H and O–H groups in total. The zero-order chi connectivity index (χ0) is 20.5. The van der Waals surface area contributed by atoms with E-state index in [0.29, 0.717) is 30.0 Å². The summed E-state index contributed by atoms with van der Waals surface area (Å²) in [7, 11) is -1.72. The van der Waals surface area contributed by atoms with Crippen molar-refractivity contribution < 1.29 is 14.0 Å². The maximum Gasteiger partial charge on any atom is 0.184 e. The normalized spacial score (nSPS) is 45.7. The first-order valence-electron chi connectivity index (χ1n) is 11.4. The molecular weight excluding hydrogens is 364 g/mol. The van der Waals surface area contributed by atoms with Crippen molar-refractivity contribution in [3.8, 4) is 0 Å². The molecule has 0 radical (unpaired) electrons. The first-order chi connectivity index (χ1) is 13.0. The summed E-state index contributed by atoms with van der Waals surface area (Å²) in [4.78, 5) is 24.7. The molecule has 0 saturated heterocycles. The lowest BCUT2D eigenvalue weighted by Crippen LogP contribution is -2.55. The molecule has 3 saturated carbocycles. The van der Waals surface area contributed by atoms with Gasteiger partial charge in [0.15, 0.2) is 14.1 Å². The molecule has 0 heterocycles. The van der Waals surface area contributed by atoms with E-state index in [9.17, 15) is 9.59 Å². The predicted octanol–water partition coefficient (Wildman–Crippen LogP) is 5.55. The first kappa shape index (κ1) is 20.5. The molecule has 4 aliphatic rings. The Morgan fingerprint density at radius 3 is 2.46 bits per heavy atom. The fourth-order valence-electron chi connectivity index (χ4n) is 7.79. The van der Waals surface area contributed by atoms with E-state index < -0.39 is 8.32 Å². The highest BCUT2D eigenvalue weighted by atomic mass is 28.4. The van der Waals surface area contributed by atoms with E-state index in [1.807, 2.05) is 6.08 Å². The van der Waals surface area contributed by atoms with Gasteiger partial charge in [0.25, 0.3) is 0 Å². The Morgan fingerprint density at radius 2 is 1.82 bits per heavy atom. The van der Waals surface area contributed by atoms with Crippen LogP contribution in [0.15, 0.2) is 11.6 Å². The van der Waals surface area contributed by atoms with Gasteiger partial charge >= 0.3 is 0 Å². The van der Waals surface area contributed by atoms with Crippen LogP contribution in [0, 0.1) is 34.5 Å². The van der Waals surface area contributed by atoms with Gasteiger partial charge in [-0.3, -0.25) is 9.59 Å².